The number of benzene rings is 3. The summed E-state index contributed by atoms with van der Waals surface area (Å²) in [6, 6.07) is 17.3. The molecule has 1 heterocycles. The molecule has 0 N–H and O–H groups in total. The van der Waals surface area contributed by atoms with Crippen molar-refractivity contribution in [3.8, 4) is 0 Å². The van der Waals surface area contributed by atoms with Crippen LogP contribution in [-0.4, -0.2) is 0 Å². The van der Waals surface area contributed by atoms with Crippen LogP contribution in [0.1, 0.15) is 11.1 Å². The van der Waals surface area contributed by atoms with Gasteiger partial charge in [0.2, 0.25) is 0 Å². The van der Waals surface area contributed by atoms with Crippen molar-refractivity contribution in [1.29, 1.82) is 0 Å². The number of fused-ring (bicyclic) bond motifs is 2. The van der Waals surface area contributed by atoms with Gasteiger partial charge in [0.15, 0.2) is 0 Å². The van der Waals surface area contributed by atoms with Gasteiger partial charge in [-0.15, -0.1) is 0 Å². The zero-order chi connectivity index (χ0) is 11.2. The third-order valence-corrected chi connectivity index (χ3v) is 3.59. The van der Waals surface area contributed by atoms with Gasteiger partial charge in [0.25, 0.3) is 0 Å². The van der Waals surface area contributed by atoms with Crippen LogP contribution < -0.4 is 0 Å². The Kier molecular flexibility index (Phi) is 1.79. The Balaban J connectivity index is 2.30. The van der Waals surface area contributed by atoms with Gasteiger partial charge in [-0.3, -0.25) is 0 Å². The predicted octanol–water partition coefficient (Wildman–Crippen LogP) is 4.02. The van der Waals surface area contributed by atoms with Crippen molar-refractivity contribution in [3.05, 3.63) is 59.7 Å². The Labute approximate surface area is 99.6 Å². The fourth-order valence-electron chi connectivity index (χ4n) is 2.84. The second-order valence-electron chi connectivity index (χ2n) is 4.58. The molecule has 0 spiro atoms. The van der Waals surface area contributed by atoms with E-state index >= 15 is 0 Å². The van der Waals surface area contributed by atoms with E-state index in [0.29, 0.717) is 0 Å². The molecule has 0 saturated heterocycles. The maximum atomic E-state index is 5.69. The third-order valence-electron chi connectivity index (χ3n) is 3.59. The Bertz CT molecular complexity index is 728. The van der Waals surface area contributed by atoms with Crippen LogP contribution in [0, 0.1) is 0 Å². The van der Waals surface area contributed by atoms with Gasteiger partial charge in [0.1, 0.15) is 0 Å². The van der Waals surface area contributed by atoms with Gasteiger partial charge in [-0.05, 0) is 38.7 Å². The fraction of sp³-hybridized carbons (Fsp3) is 0.125. The normalized spacial score (nSPS) is 14.4. The zero-order valence-electron chi connectivity index (χ0n) is 9.44. The molecule has 4 rings (SSSR count). The largest absolute Gasteiger partial charge is 0.372 e. The molecule has 17 heavy (non-hydrogen) atoms. The number of ether oxygens (including phenoxy) is 1. The van der Waals surface area contributed by atoms with E-state index in [2.05, 4.69) is 48.5 Å². The van der Waals surface area contributed by atoms with Crippen molar-refractivity contribution < 1.29 is 4.74 Å². The number of hydrogen-bond acceptors (Lipinski definition) is 1. The lowest BCUT2D eigenvalue weighted by Crippen LogP contribution is -2.04. The lowest BCUT2D eigenvalue weighted by Gasteiger charge is -2.19. The number of rotatable bonds is 0. The standard InChI is InChI=1S/C16H12O/c1-2-7-14-11(4-1)8-12-5-3-6-13-9-17-10-15(14)16(12)13/h1-8H,9-10H2. The molecule has 1 aliphatic rings. The molecule has 0 unspecified atom stereocenters. The van der Waals surface area contributed by atoms with Crippen molar-refractivity contribution in [2.45, 2.75) is 13.2 Å². The van der Waals surface area contributed by atoms with Gasteiger partial charge in [0.05, 0.1) is 13.2 Å². The quantitative estimate of drug-likeness (QED) is 0.520. The average molecular weight is 220 g/mol. The lowest BCUT2D eigenvalue weighted by atomic mass is 9.93. The molecule has 0 amide bonds. The minimum absolute atomic E-state index is 0.731. The van der Waals surface area contributed by atoms with E-state index in [-0.39, 0.29) is 0 Å². The molecule has 0 saturated carbocycles. The molecule has 0 radical (unpaired) electrons. The van der Waals surface area contributed by atoms with Crippen LogP contribution in [0.3, 0.4) is 0 Å². The van der Waals surface area contributed by atoms with E-state index in [1.165, 1.54) is 32.7 Å². The summed E-state index contributed by atoms with van der Waals surface area (Å²) in [5.41, 5.74) is 2.66. The molecule has 1 aliphatic heterocycles. The Hall–Kier alpha value is -1.86. The second-order valence-corrected chi connectivity index (χ2v) is 4.58. The van der Waals surface area contributed by atoms with Crippen LogP contribution in [0.5, 0.6) is 0 Å². The lowest BCUT2D eigenvalue weighted by molar-refractivity contribution is 0.104. The monoisotopic (exact) mass is 220 g/mol. The van der Waals surface area contributed by atoms with Crippen LogP contribution >= 0.6 is 0 Å². The van der Waals surface area contributed by atoms with E-state index in [1.807, 2.05) is 0 Å². The molecule has 0 aliphatic carbocycles. The van der Waals surface area contributed by atoms with E-state index in [9.17, 15) is 0 Å². The highest BCUT2D eigenvalue weighted by Crippen LogP contribution is 2.34. The molecule has 82 valence electrons. The van der Waals surface area contributed by atoms with Gasteiger partial charge in [-0.1, -0.05) is 42.5 Å². The molecular formula is C16H12O. The molecule has 0 fully saturated rings. The van der Waals surface area contributed by atoms with E-state index < -0.39 is 0 Å². The Morgan fingerprint density at radius 1 is 0.824 bits per heavy atom. The van der Waals surface area contributed by atoms with Gasteiger partial charge in [-0.2, -0.15) is 0 Å². The van der Waals surface area contributed by atoms with Gasteiger partial charge < -0.3 is 4.74 Å². The maximum absolute atomic E-state index is 5.69. The highest BCUT2D eigenvalue weighted by molar-refractivity contribution is 6.03. The van der Waals surface area contributed by atoms with Gasteiger partial charge in [0, 0.05) is 0 Å². The van der Waals surface area contributed by atoms with Crippen LogP contribution in [0.4, 0.5) is 0 Å². The highest BCUT2D eigenvalue weighted by Gasteiger charge is 2.15. The van der Waals surface area contributed by atoms with E-state index in [4.69, 9.17) is 4.74 Å². The first kappa shape index (κ1) is 9.20. The third kappa shape index (κ3) is 1.23. The van der Waals surface area contributed by atoms with Crippen molar-refractivity contribution >= 4 is 21.5 Å². The zero-order valence-corrected chi connectivity index (χ0v) is 9.44. The molecule has 3 aromatic carbocycles. The predicted molar refractivity (Wildman–Crippen MR) is 69.9 cm³/mol. The molecule has 0 aromatic heterocycles. The first-order chi connectivity index (χ1) is 8.43. The van der Waals surface area contributed by atoms with Crippen molar-refractivity contribution in [1.82, 2.24) is 0 Å². The fourth-order valence-corrected chi connectivity index (χ4v) is 2.84. The first-order valence-corrected chi connectivity index (χ1v) is 5.93. The SMILES string of the molecule is c1ccc2c3c4c(cccc4cc2c1)COC3. The summed E-state index contributed by atoms with van der Waals surface area (Å²) in [5.74, 6) is 0. The first-order valence-electron chi connectivity index (χ1n) is 5.93. The van der Waals surface area contributed by atoms with Crippen LogP contribution in [0.15, 0.2) is 48.5 Å². The minimum atomic E-state index is 0.731. The van der Waals surface area contributed by atoms with E-state index in [0.717, 1.165) is 13.2 Å². The summed E-state index contributed by atoms with van der Waals surface area (Å²) < 4.78 is 5.69. The van der Waals surface area contributed by atoms with Crippen molar-refractivity contribution in [3.63, 3.8) is 0 Å². The summed E-state index contributed by atoms with van der Waals surface area (Å²) in [5, 5.41) is 5.36. The number of hydrogen-bond donors (Lipinski definition) is 0. The average Bonchev–Trinajstić information content (AvgIpc) is 2.39. The Morgan fingerprint density at radius 2 is 1.71 bits per heavy atom. The topological polar surface area (TPSA) is 9.23 Å². The minimum Gasteiger partial charge on any atom is -0.372 e. The molecule has 1 nitrogen and oxygen atoms in total. The van der Waals surface area contributed by atoms with Crippen LogP contribution in [0.25, 0.3) is 21.5 Å². The van der Waals surface area contributed by atoms with E-state index in [1.54, 1.807) is 0 Å². The molecule has 0 atom stereocenters. The van der Waals surface area contributed by atoms with Crippen molar-refractivity contribution in [2.24, 2.45) is 0 Å². The van der Waals surface area contributed by atoms with Gasteiger partial charge in [-0.25, -0.2) is 0 Å². The van der Waals surface area contributed by atoms with Gasteiger partial charge >= 0.3 is 0 Å². The highest BCUT2D eigenvalue weighted by atomic mass is 16.5. The summed E-state index contributed by atoms with van der Waals surface area (Å²) in [6.45, 7) is 1.47. The molecule has 3 aromatic rings. The summed E-state index contributed by atoms with van der Waals surface area (Å²) >= 11 is 0. The smallest absolute Gasteiger partial charge is 0.0733 e. The molecule has 0 bridgehead atoms. The summed E-state index contributed by atoms with van der Waals surface area (Å²) in [6.07, 6.45) is 0. The molecular weight excluding hydrogens is 208 g/mol. The molecule has 1 heteroatoms. The second kappa shape index (κ2) is 3.31. The maximum Gasteiger partial charge on any atom is 0.0733 e. The summed E-state index contributed by atoms with van der Waals surface area (Å²) in [4.78, 5) is 0. The Morgan fingerprint density at radius 3 is 2.71 bits per heavy atom. The van der Waals surface area contributed by atoms with Crippen LogP contribution in [-0.2, 0) is 18.0 Å². The van der Waals surface area contributed by atoms with Crippen molar-refractivity contribution in [2.75, 3.05) is 0 Å². The summed E-state index contributed by atoms with van der Waals surface area (Å²) in [7, 11) is 0. The van der Waals surface area contributed by atoms with Crippen LogP contribution in [0.2, 0.25) is 0 Å².